The number of nitro groups is 1. The highest BCUT2D eigenvalue weighted by Gasteiger charge is 2.35. The van der Waals surface area contributed by atoms with Crippen molar-refractivity contribution in [2.24, 2.45) is 5.92 Å². The van der Waals surface area contributed by atoms with E-state index < -0.39 is 16.9 Å². The van der Waals surface area contributed by atoms with Crippen LogP contribution in [0.1, 0.15) is 18.1 Å². The SMILES string of the molecule is O=C(NC[C@H](O)c1ccc([N+](=O)[O-])cc1)[C@@H]1CC(=O)N(c2ccc3c(c2)OCCO3)C1. The number of benzene rings is 2. The fourth-order valence-electron chi connectivity index (χ4n) is 3.61. The lowest BCUT2D eigenvalue weighted by atomic mass is 10.1. The van der Waals surface area contributed by atoms with E-state index in [0.717, 1.165) is 0 Å². The standard InChI is InChI=1S/C21H21N3O7/c25-17(13-1-3-15(4-2-13)24(28)29)11-22-21(27)14-9-20(26)23(12-14)16-5-6-18-19(10-16)31-8-7-30-18/h1-6,10,14,17,25H,7-9,11-12H2,(H,22,27)/t14-,17+/m1/s1. The van der Waals surface area contributed by atoms with Gasteiger partial charge in [-0.25, -0.2) is 0 Å². The summed E-state index contributed by atoms with van der Waals surface area (Å²) in [5, 5.41) is 23.6. The zero-order valence-corrected chi connectivity index (χ0v) is 16.5. The molecule has 10 heteroatoms. The second-order valence-electron chi connectivity index (χ2n) is 7.34. The molecular weight excluding hydrogens is 406 g/mol. The summed E-state index contributed by atoms with van der Waals surface area (Å²) in [5.41, 5.74) is 1.01. The summed E-state index contributed by atoms with van der Waals surface area (Å²) >= 11 is 0. The maximum Gasteiger partial charge on any atom is 0.269 e. The summed E-state index contributed by atoms with van der Waals surface area (Å²) in [7, 11) is 0. The molecule has 0 bridgehead atoms. The number of carbonyl (C=O) groups is 2. The minimum Gasteiger partial charge on any atom is -0.486 e. The smallest absolute Gasteiger partial charge is 0.269 e. The van der Waals surface area contributed by atoms with E-state index >= 15 is 0 Å². The lowest BCUT2D eigenvalue weighted by Gasteiger charge is -2.22. The molecule has 31 heavy (non-hydrogen) atoms. The zero-order valence-electron chi connectivity index (χ0n) is 16.5. The molecule has 0 radical (unpaired) electrons. The van der Waals surface area contributed by atoms with Gasteiger partial charge in [0.15, 0.2) is 11.5 Å². The number of nitrogens with one attached hydrogen (secondary N) is 1. The second kappa shape index (κ2) is 8.60. The van der Waals surface area contributed by atoms with Gasteiger partial charge in [0.2, 0.25) is 11.8 Å². The average Bonchev–Trinajstić information content (AvgIpc) is 3.18. The van der Waals surface area contributed by atoms with Crippen molar-refractivity contribution in [2.45, 2.75) is 12.5 Å². The van der Waals surface area contributed by atoms with Crippen LogP contribution in [0.15, 0.2) is 42.5 Å². The number of nitrogens with zero attached hydrogens (tertiary/aromatic N) is 2. The first-order valence-corrected chi connectivity index (χ1v) is 9.82. The number of non-ortho nitro benzene ring substituents is 1. The molecule has 4 rings (SSSR count). The number of carbonyl (C=O) groups excluding carboxylic acids is 2. The molecule has 2 amide bonds. The second-order valence-corrected chi connectivity index (χ2v) is 7.34. The Bertz CT molecular complexity index is 1010. The molecule has 0 aromatic heterocycles. The Labute approximate surface area is 177 Å². The van der Waals surface area contributed by atoms with E-state index in [1.54, 1.807) is 18.2 Å². The molecule has 1 fully saturated rings. The molecular formula is C21H21N3O7. The van der Waals surface area contributed by atoms with E-state index in [1.165, 1.54) is 29.2 Å². The third-order valence-corrected chi connectivity index (χ3v) is 5.29. The topological polar surface area (TPSA) is 131 Å². The van der Waals surface area contributed by atoms with Crippen molar-refractivity contribution in [2.75, 3.05) is 31.2 Å². The molecule has 0 saturated carbocycles. The van der Waals surface area contributed by atoms with Gasteiger partial charge in [-0.15, -0.1) is 0 Å². The highest BCUT2D eigenvalue weighted by Crippen LogP contribution is 2.36. The first-order chi connectivity index (χ1) is 14.9. The van der Waals surface area contributed by atoms with Gasteiger partial charge >= 0.3 is 0 Å². The van der Waals surface area contributed by atoms with Crippen LogP contribution in [0, 0.1) is 16.0 Å². The number of anilines is 1. The van der Waals surface area contributed by atoms with Gasteiger partial charge in [0, 0.05) is 43.4 Å². The first-order valence-electron chi connectivity index (χ1n) is 9.82. The van der Waals surface area contributed by atoms with Crippen LogP contribution in [0.5, 0.6) is 11.5 Å². The van der Waals surface area contributed by atoms with E-state index in [0.29, 0.717) is 36.0 Å². The van der Waals surface area contributed by atoms with E-state index in [4.69, 9.17) is 9.47 Å². The molecule has 2 N–H and O–H groups in total. The largest absolute Gasteiger partial charge is 0.486 e. The van der Waals surface area contributed by atoms with Gasteiger partial charge in [-0.3, -0.25) is 19.7 Å². The quantitative estimate of drug-likeness (QED) is 0.528. The van der Waals surface area contributed by atoms with Crippen LogP contribution in [0.4, 0.5) is 11.4 Å². The van der Waals surface area contributed by atoms with Gasteiger partial charge in [-0.05, 0) is 29.8 Å². The van der Waals surface area contributed by atoms with Crippen LogP contribution in [0.25, 0.3) is 0 Å². The monoisotopic (exact) mass is 427 g/mol. The maximum atomic E-state index is 12.5. The van der Waals surface area contributed by atoms with Crippen molar-refractivity contribution in [3.63, 3.8) is 0 Å². The summed E-state index contributed by atoms with van der Waals surface area (Å²) in [4.78, 5) is 36.7. The van der Waals surface area contributed by atoms with Gasteiger partial charge in [-0.2, -0.15) is 0 Å². The van der Waals surface area contributed by atoms with E-state index in [1.807, 2.05) is 0 Å². The molecule has 1 saturated heterocycles. The molecule has 0 aliphatic carbocycles. The van der Waals surface area contributed by atoms with Crippen molar-refractivity contribution < 1.29 is 29.1 Å². The van der Waals surface area contributed by atoms with Crippen molar-refractivity contribution in [3.8, 4) is 11.5 Å². The van der Waals surface area contributed by atoms with E-state index in [9.17, 15) is 24.8 Å². The van der Waals surface area contributed by atoms with Gasteiger partial charge in [-0.1, -0.05) is 0 Å². The molecule has 2 aliphatic rings. The number of amides is 2. The average molecular weight is 427 g/mol. The van der Waals surface area contributed by atoms with Crippen molar-refractivity contribution >= 4 is 23.2 Å². The zero-order chi connectivity index (χ0) is 22.0. The summed E-state index contributed by atoms with van der Waals surface area (Å²) in [6.07, 6.45) is -0.954. The number of nitro benzene ring substituents is 1. The summed E-state index contributed by atoms with van der Waals surface area (Å²) < 4.78 is 11.0. The molecule has 2 aromatic carbocycles. The Morgan fingerprint density at radius 3 is 2.61 bits per heavy atom. The van der Waals surface area contributed by atoms with Crippen LogP contribution in [0.2, 0.25) is 0 Å². The molecule has 2 aromatic rings. The van der Waals surface area contributed by atoms with E-state index in [2.05, 4.69) is 5.32 Å². The highest BCUT2D eigenvalue weighted by atomic mass is 16.6. The van der Waals surface area contributed by atoms with Crippen LogP contribution in [0.3, 0.4) is 0 Å². The fraction of sp³-hybridized carbons (Fsp3) is 0.333. The van der Waals surface area contributed by atoms with Crippen molar-refractivity contribution in [1.29, 1.82) is 0 Å². The molecule has 2 aliphatic heterocycles. The third kappa shape index (κ3) is 4.43. The van der Waals surface area contributed by atoms with Crippen molar-refractivity contribution in [1.82, 2.24) is 5.32 Å². The number of hydrogen-bond acceptors (Lipinski definition) is 7. The van der Waals surface area contributed by atoms with Gasteiger partial charge < -0.3 is 24.8 Å². The lowest BCUT2D eigenvalue weighted by molar-refractivity contribution is -0.384. The molecule has 2 atom stereocenters. The predicted octanol–water partition coefficient (Wildman–Crippen LogP) is 1.57. The Kier molecular flexibility index (Phi) is 5.72. The minimum absolute atomic E-state index is 0.0634. The normalized spacial score (nSPS) is 18.5. The first kappa shape index (κ1) is 20.6. The van der Waals surface area contributed by atoms with Crippen LogP contribution >= 0.6 is 0 Å². The molecule has 0 spiro atoms. The Morgan fingerprint density at radius 2 is 1.90 bits per heavy atom. The molecule has 2 heterocycles. The number of fused-ring (bicyclic) bond motifs is 1. The molecule has 0 unspecified atom stereocenters. The number of aliphatic hydroxyl groups is 1. The number of ether oxygens (including phenoxy) is 2. The maximum absolute atomic E-state index is 12.5. The highest BCUT2D eigenvalue weighted by molar-refractivity contribution is 6.00. The Morgan fingerprint density at radius 1 is 1.19 bits per heavy atom. The van der Waals surface area contributed by atoms with Gasteiger partial charge in [0.1, 0.15) is 13.2 Å². The van der Waals surface area contributed by atoms with Gasteiger partial charge in [0.25, 0.3) is 5.69 Å². The fourth-order valence-corrected chi connectivity index (χ4v) is 3.61. The van der Waals surface area contributed by atoms with Crippen LogP contribution in [-0.2, 0) is 9.59 Å². The summed E-state index contributed by atoms with van der Waals surface area (Å²) in [6.45, 7) is 1.07. The lowest BCUT2D eigenvalue weighted by Crippen LogP contribution is -2.35. The van der Waals surface area contributed by atoms with Gasteiger partial charge in [0.05, 0.1) is 16.9 Å². The molecule has 10 nitrogen and oxygen atoms in total. The number of aliphatic hydroxyl groups excluding tert-OH is 1. The Balaban J connectivity index is 1.34. The summed E-state index contributed by atoms with van der Waals surface area (Å²) in [6, 6.07) is 10.7. The van der Waals surface area contributed by atoms with Crippen LogP contribution < -0.4 is 19.7 Å². The Hall–Kier alpha value is -3.66. The predicted molar refractivity (Wildman–Crippen MR) is 109 cm³/mol. The van der Waals surface area contributed by atoms with Crippen LogP contribution in [-0.4, -0.2) is 48.1 Å². The summed E-state index contributed by atoms with van der Waals surface area (Å²) in [5.74, 6) is 0.124. The minimum atomic E-state index is -1.02. The van der Waals surface area contributed by atoms with E-state index in [-0.39, 0.29) is 37.0 Å². The molecule has 162 valence electrons. The number of rotatable bonds is 6. The number of hydrogen-bond donors (Lipinski definition) is 2. The third-order valence-electron chi connectivity index (χ3n) is 5.29. The van der Waals surface area contributed by atoms with Crippen molar-refractivity contribution in [3.05, 3.63) is 58.1 Å².